The van der Waals surface area contributed by atoms with Crippen molar-refractivity contribution in [2.45, 2.75) is 102 Å². The Morgan fingerprint density at radius 1 is 0.889 bits per heavy atom. The van der Waals surface area contributed by atoms with Crippen LogP contribution in [0.2, 0.25) is 5.04 Å². The maximum absolute atomic E-state index is 12.4. The molecule has 1 aliphatic heterocycles. The van der Waals surface area contributed by atoms with E-state index in [0.717, 1.165) is 47.6 Å². The molecule has 1 saturated carbocycles. The largest absolute Gasteiger partial charge is 0.404 e. The first-order valence-electron chi connectivity index (χ1n) is 16.2. The normalized spacial score (nSPS) is 19.9. The highest BCUT2D eigenvalue weighted by Gasteiger charge is 2.52. The summed E-state index contributed by atoms with van der Waals surface area (Å²) in [5.74, 6) is 1.45. The van der Waals surface area contributed by atoms with Gasteiger partial charge in [-0.25, -0.2) is 13.1 Å². The first-order chi connectivity index (χ1) is 21.2. The van der Waals surface area contributed by atoms with Gasteiger partial charge in [0.15, 0.2) is 9.84 Å². The van der Waals surface area contributed by atoms with Gasteiger partial charge in [-0.1, -0.05) is 81.4 Å². The Labute approximate surface area is 270 Å². The summed E-state index contributed by atoms with van der Waals surface area (Å²) in [6, 6.07) is 27.4. The number of hydrogen-bond acceptors (Lipinski definition) is 5. The molecule has 1 N–H and O–H groups in total. The minimum absolute atomic E-state index is 0.0657. The maximum Gasteiger partial charge on any atom is 0.261 e. The SMILES string of the molecule is Cc1c([C@H]2CC[C@@H](O[Si](c3ccccc3)(c3ccccc3)C(C)(C)C)C2)nn(C(C)(C)C)c1Nc1ccc2c(c1)CCS2(=O)=O. The summed E-state index contributed by atoms with van der Waals surface area (Å²) in [7, 11) is -5.80. The predicted molar refractivity (Wildman–Crippen MR) is 187 cm³/mol. The average molecular weight is 642 g/mol. The zero-order valence-corrected chi connectivity index (χ0v) is 29.5. The third-order valence-electron chi connectivity index (χ3n) is 9.62. The van der Waals surface area contributed by atoms with Crippen molar-refractivity contribution in [1.29, 1.82) is 0 Å². The second-order valence-electron chi connectivity index (χ2n) is 14.9. The predicted octanol–water partition coefficient (Wildman–Crippen LogP) is 7.23. The average Bonchev–Trinajstić information content (AvgIpc) is 3.67. The number of nitrogens with one attached hydrogen (secondary N) is 1. The standard InChI is InChI=1S/C37H47N3O3SSi/c1-26-34(39-40(36(2,3)4)35(26)38-29-19-21-33-27(24-29)22-23-44(33,41)42)28-18-20-30(25-28)43-45(37(5,6)7,31-14-10-8-11-15-31)32-16-12-9-13-17-32/h8-17,19,21,24,28,30,38H,18,20,22-23,25H2,1-7H3/t28-,30+/m0/s1. The lowest BCUT2D eigenvalue weighted by Crippen LogP contribution is -2.67. The van der Waals surface area contributed by atoms with Crippen molar-refractivity contribution in [2.75, 3.05) is 11.1 Å². The molecule has 2 aliphatic rings. The van der Waals surface area contributed by atoms with Crippen LogP contribution in [-0.2, 0) is 26.2 Å². The molecule has 1 aliphatic carbocycles. The topological polar surface area (TPSA) is 73.2 Å². The lowest BCUT2D eigenvalue weighted by atomic mass is 10.0. The number of anilines is 2. The van der Waals surface area contributed by atoms with Crippen molar-refractivity contribution in [3.8, 4) is 0 Å². The van der Waals surface area contributed by atoms with Crippen LogP contribution in [0, 0.1) is 6.92 Å². The molecule has 0 spiro atoms. The number of benzene rings is 3. The van der Waals surface area contributed by atoms with Crippen LogP contribution >= 0.6 is 0 Å². The Kier molecular flexibility index (Phi) is 8.15. The number of fused-ring (bicyclic) bond motifs is 1. The number of hydrogen-bond donors (Lipinski definition) is 1. The minimum atomic E-state index is -3.16. The monoisotopic (exact) mass is 641 g/mol. The zero-order valence-electron chi connectivity index (χ0n) is 27.7. The van der Waals surface area contributed by atoms with Gasteiger partial charge in [0, 0.05) is 23.3 Å². The van der Waals surface area contributed by atoms with Crippen molar-refractivity contribution >= 4 is 40.0 Å². The summed E-state index contributed by atoms with van der Waals surface area (Å²) in [4.78, 5) is 0.465. The Hall–Kier alpha value is -3.20. The molecule has 8 heteroatoms. The fourth-order valence-electron chi connectivity index (χ4n) is 7.42. The number of sulfone groups is 1. The van der Waals surface area contributed by atoms with Crippen molar-refractivity contribution < 1.29 is 12.8 Å². The Morgan fingerprint density at radius 2 is 1.51 bits per heavy atom. The van der Waals surface area contributed by atoms with Crippen LogP contribution in [0.15, 0.2) is 83.8 Å². The molecule has 0 bridgehead atoms. The Balaban J connectivity index is 1.32. The lowest BCUT2D eigenvalue weighted by Gasteiger charge is -2.44. The molecule has 1 aromatic heterocycles. The van der Waals surface area contributed by atoms with E-state index in [-0.39, 0.29) is 22.4 Å². The van der Waals surface area contributed by atoms with E-state index in [1.807, 2.05) is 12.1 Å². The van der Waals surface area contributed by atoms with Crippen molar-refractivity contribution in [2.24, 2.45) is 0 Å². The molecule has 45 heavy (non-hydrogen) atoms. The van der Waals surface area contributed by atoms with Gasteiger partial charge in [0.05, 0.1) is 21.9 Å². The lowest BCUT2D eigenvalue weighted by molar-refractivity contribution is 0.193. The van der Waals surface area contributed by atoms with Crippen LogP contribution in [0.3, 0.4) is 0 Å². The summed E-state index contributed by atoms with van der Waals surface area (Å²) >= 11 is 0. The molecule has 3 aromatic carbocycles. The molecule has 0 saturated heterocycles. The third-order valence-corrected chi connectivity index (χ3v) is 16.5. The number of nitrogens with zero attached hydrogens (tertiary/aromatic N) is 2. The minimum Gasteiger partial charge on any atom is -0.404 e. The molecular formula is C37H47N3O3SSi. The van der Waals surface area contributed by atoms with Gasteiger partial charge in [-0.3, -0.25) is 0 Å². The van der Waals surface area contributed by atoms with E-state index in [1.54, 1.807) is 6.07 Å². The van der Waals surface area contributed by atoms with Crippen LogP contribution in [0.4, 0.5) is 11.5 Å². The molecule has 2 atom stereocenters. The number of aromatic nitrogens is 2. The molecular weight excluding hydrogens is 595 g/mol. The van der Waals surface area contributed by atoms with Crippen LogP contribution in [-0.4, -0.2) is 38.4 Å². The van der Waals surface area contributed by atoms with Crippen molar-refractivity contribution in [3.63, 3.8) is 0 Å². The Morgan fingerprint density at radius 3 is 2.09 bits per heavy atom. The summed E-state index contributed by atoms with van der Waals surface area (Å²) < 4.78 is 34.4. The van der Waals surface area contributed by atoms with E-state index >= 15 is 0 Å². The van der Waals surface area contributed by atoms with E-state index < -0.39 is 18.2 Å². The second-order valence-corrected chi connectivity index (χ2v) is 21.2. The van der Waals surface area contributed by atoms with E-state index in [0.29, 0.717) is 17.2 Å². The molecule has 238 valence electrons. The molecule has 6 nitrogen and oxygen atoms in total. The van der Waals surface area contributed by atoms with Gasteiger partial charge in [-0.15, -0.1) is 0 Å². The van der Waals surface area contributed by atoms with Crippen LogP contribution in [0.25, 0.3) is 0 Å². The van der Waals surface area contributed by atoms with Gasteiger partial charge in [0.25, 0.3) is 8.32 Å². The first-order valence-corrected chi connectivity index (χ1v) is 19.8. The molecule has 1 fully saturated rings. The number of rotatable bonds is 7. The van der Waals surface area contributed by atoms with Crippen LogP contribution in [0.1, 0.15) is 83.5 Å². The van der Waals surface area contributed by atoms with E-state index in [9.17, 15) is 8.42 Å². The van der Waals surface area contributed by atoms with E-state index in [2.05, 4.69) is 119 Å². The van der Waals surface area contributed by atoms with Crippen LogP contribution in [0.5, 0.6) is 0 Å². The van der Waals surface area contributed by atoms with Gasteiger partial charge < -0.3 is 9.74 Å². The highest BCUT2D eigenvalue weighted by Crippen LogP contribution is 2.44. The zero-order chi connectivity index (χ0) is 32.2. The smallest absolute Gasteiger partial charge is 0.261 e. The third kappa shape index (κ3) is 5.81. The fraction of sp³-hybridized carbons (Fsp3) is 0.432. The van der Waals surface area contributed by atoms with Gasteiger partial charge in [-0.05, 0) is 92.6 Å². The molecule has 6 rings (SSSR count). The highest BCUT2D eigenvalue weighted by atomic mass is 32.2. The molecule has 0 unspecified atom stereocenters. The van der Waals surface area contributed by atoms with Gasteiger partial charge >= 0.3 is 0 Å². The number of aryl methyl sites for hydroxylation is 1. The molecule has 4 aromatic rings. The molecule has 0 amide bonds. The summed E-state index contributed by atoms with van der Waals surface area (Å²) in [6.45, 7) is 15.7. The van der Waals surface area contributed by atoms with Crippen molar-refractivity contribution in [1.82, 2.24) is 9.78 Å². The molecule has 2 heterocycles. The Bertz CT molecular complexity index is 1750. The molecule has 0 radical (unpaired) electrons. The quantitative estimate of drug-likeness (QED) is 0.216. The maximum atomic E-state index is 12.4. The van der Waals surface area contributed by atoms with Gasteiger partial charge in [0.1, 0.15) is 5.82 Å². The first kappa shape index (κ1) is 31.8. The fourth-order valence-corrected chi connectivity index (χ4v) is 13.7. The van der Waals surface area contributed by atoms with Gasteiger partial charge in [-0.2, -0.15) is 5.10 Å². The van der Waals surface area contributed by atoms with E-state index in [1.165, 1.54) is 10.4 Å². The van der Waals surface area contributed by atoms with Gasteiger partial charge in [0.2, 0.25) is 0 Å². The second kappa shape index (κ2) is 11.5. The highest BCUT2D eigenvalue weighted by molar-refractivity contribution is 7.91. The summed E-state index contributed by atoms with van der Waals surface area (Å²) in [5.41, 5.74) is 3.82. The summed E-state index contributed by atoms with van der Waals surface area (Å²) in [6.07, 6.45) is 3.66. The van der Waals surface area contributed by atoms with Crippen molar-refractivity contribution in [3.05, 3.63) is 95.7 Å². The van der Waals surface area contributed by atoms with Crippen LogP contribution < -0.4 is 15.7 Å². The van der Waals surface area contributed by atoms with E-state index in [4.69, 9.17) is 9.52 Å². The summed E-state index contributed by atoms with van der Waals surface area (Å²) in [5, 5.41) is 11.5.